The molecule has 0 fully saturated rings. The number of H-pyrrole nitrogens is 1. The van der Waals surface area contributed by atoms with Gasteiger partial charge in [-0.1, -0.05) is 6.07 Å². The van der Waals surface area contributed by atoms with Crippen molar-refractivity contribution in [3.8, 4) is 5.75 Å². The highest BCUT2D eigenvalue weighted by Crippen LogP contribution is 2.17. The highest BCUT2D eigenvalue weighted by molar-refractivity contribution is 5.55. The van der Waals surface area contributed by atoms with E-state index < -0.39 is 0 Å². The highest BCUT2D eigenvalue weighted by Gasteiger charge is 2.08. The Kier molecular flexibility index (Phi) is 3.38. The highest BCUT2D eigenvalue weighted by atomic mass is 16.3. The van der Waals surface area contributed by atoms with Crippen molar-refractivity contribution in [2.75, 3.05) is 5.32 Å². The molecule has 21 heavy (non-hydrogen) atoms. The first-order chi connectivity index (χ1) is 10.2. The van der Waals surface area contributed by atoms with Crippen molar-refractivity contribution in [3.63, 3.8) is 0 Å². The molecule has 2 aromatic heterocycles. The summed E-state index contributed by atoms with van der Waals surface area (Å²) in [5.74, 6) is 0.960. The van der Waals surface area contributed by atoms with Gasteiger partial charge in [-0.05, 0) is 24.3 Å². The maximum Gasteiger partial charge on any atom is 0.274 e. The summed E-state index contributed by atoms with van der Waals surface area (Å²) < 4.78 is 5.17. The molecule has 0 radical (unpaired) electrons. The van der Waals surface area contributed by atoms with Gasteiger partial charge in [0.2, 0.25) is 5.95 Å². The van der Waals surface area contributed by atoms with E-state index >= 15 is 0 Å². The molecule has 3 aromatic rings. The van der Waals surface area contributed by atoms with Crippen molar-refractivity contribution >= 4 is 11.6 Å². The first kappa shape index (κ1) is 12.9. The number of furan rings is 1. The lowest BCUT2D eigenvalue weighted by Crippen LogP contribution is -2.18. The summed E-state index contributed by atoms with van der Waals surface area (Å²) >= 11 is 0. The molecular formula is C14H12N4O3. The SMILES string of the molecule is O=c1[nH]c(Nc2cccc(O)c2)nnc1Cc1ccco1. The van der Waals surface area contributed by atoms with Gasteiger partial charge in [0.05, 0.1) is 12.7 Å². The minimum atomic E-state index is -0.343. The lowest BCUT2D eigenvalue weighted by molar-refractivity contribution is 0.475. The van der Waals surface area contributed by atoms with Crippen LogP contribution in [0.2, 0.25) is 0 Å². The van der Waals surface area contributed by atoms with Crippen LogP contribution in [0, 0.1) is 0 Å². The van der Waals surface area contributed by atoms with Crippen LogP contribution >= 0.6 is 0 Å². The van der Waals surface area contributed by atoms with Gasteiger partial charge in [-0.15, -0.1) is 10.2 Å². The topological polar surface area (TPSA) is 104 Å². The second-order valence-electron chi connectivity index (χ2n) is 4.38. The van der Waals surface area contributed by atoms with Crippen molar-refractivity contribution < 1.29 is 9.52 Å². The Labute approximate surface area is 119 Å². The number of benzene rings is 1. The van der Waals surface area contributed by atoms with Crippen LogP contribution in [-0.2, 0) is 6.42 Å². The zero-order valence-electron chi connectivity index (χ0n) is 10.9. The molecule has 0 aliphatic carbocycles. The molecule has 3 N–H and O–H groups in total. The fourth-order valence-electron chi connectivity index (χ4n) is 1.83. The molecule has 0 saturated carbocycles. The van der Waals surface area contributed by atoms with E-state index in [1.54, 1.807) is 30.3 Å². The summed E-state index contributed by atoms with van der Waals surface area (Å²) in [5.41, 5.74) is 0.522. The Bertz CT molecular complexity index is 796. The predicted molar refractivity (Wildman–Crippen MR) is 75.6 cm³/mol. The van der Waals surface area contributed by atoms with Crippen LogP contribution in [0.25, 0.3) is 0 Å². The van der Waals surface area contributed by atoms with E-state index in [-0.39, 0.29) is 29.4 Å². The van der Waals surface area contributed by atoms with Crippen molar-refractivity contribution in [1.82, 2.24) is 15.2 Å². The minimum Gasteiger partial charge on any atom is -0.508 e. The second-order valence-corrected chi connectivity index (χ2v) is 4.38. The van der Waals surface area contributed by atoms with Crippen molar-refractivity contribution in [1.29, 1.82) is 0 Å². The standard InChI is InChI=1S/C14H12N4O3/c19-10-4-1-3-9(7-10)15-14-16-13(20)12(17-18-14)8-11-5-2-6-21-11/h1-7,19H,8H2,(H2,15,16,18,20). The van der Waals surface area contributed by atoms with E-state index in [2.05, 4.69) is 20.5 Å². The zero-order valence-corrected chi connectivity index (χ0v) is 10.9. The molecule has 1 aromatic carbocycles. The first-order valence-corrected chi connectivity index (χ1v) is 6.25. The lowest BCUT2D eigenvalue weighted by Gasteiger charge is -2.05. The van der Waals surface area contributed by atoms with Crippen LogP contribution in [0.5, 0.6) is 5.75 Å². The molecule has 0 saturated heterocycles. The van der Waals surface area contributed by atoms with E-state index in [0.717, 1.165) is 0 Å². The maximum atomic E-state index is 11.9. The van der Waals surface area contributed by atoms with Crippen LogP contribution < -0.4 is 10.9 Å². The third-order valence-corrected chi connectivity index (χ3v) is 2.80. The summed E-state index contributed by atoms with van der Waals surface area (Å²) in [5, 5.41) is 20.0. The third kappa shape index (κ3) is 3.08. The van der Waals surface area contributed by atoms with Gasteiger partial charge in [0, 0.05) is 11.8 Å². The van der Waals surface area contributed by atoms with Crippen molar-refractivity contribution in [2.45, 2.75) is 6.42 Å². The smallest absolute Gasteiger partial charge is 0.274 e. The summed E-state index contributed by atoms with van der Waals surface area (Å²) in [7, 11) is 0. The van der Waals surface area contributed by atoms with Gasteiger partial charge in [0.15, 0.2) is 0 Å². The summed E-state index contributed by atoms with van der Waals surface area (Å²) in [6.45, 7) is 0. The second kappa shape index (κ2) is 5.49. The van der Waals surface area contributed by atoms with Gasteiger partial charge in [0.25, 0.3) is 5.56 Å². The number of nitrogens with zero attached hydrogens (tertiary/aromatic N) is 2. The van der Waals surface area contributed by atoms with Crippen molar-refractivity contribution in [3.05, 3.63) is 64.5 Å². The van der Waals surface area contributed by atoms with Crippen molar-refractivity contribution in [2.24, 2.45) is 0 Å². The number of hydrogen-bond acceptors (Lipinski definition) is 6. The Morgan fingerprint density at radius 2 is 2.14 bits per heavy atom. The van der Waals surface area contributed by atoms with Gasteiger partial charge in [-0.25, -0.2) is 0 Å². The number of rotatable bonds is 4. The number of nitrogens with one attached hydrogen (secondary N) is 2. The molecule has 0 unspecified atom stereocenters. The minimum absolute atomic E-state index is 0.116. The van der Waals surface area contributed by atoms with E-state index in [1.165, 1.54) is 12.3 Å². The molecule has 0 bridgehead atoms. The van der Waals surface area contributed by atoms with Gasteiger partial charge in [0.1, 0.15) is 17.2 Å². The Hall–Kier alpha value is -3.09. The Balaban J connectivity index is 1.79. The molecule has 106 valence electrons. The number of hydrogen-bond donors (Lipinski definition) is 3. The molecule has 3 rings (SSSR count). The number of anilines is 2. The Morgan fingerprint density at radius 3 is 2.86 bits per heavy atom. The molecule has 2 heterocycles. The number of phenols is 1. The molecule has 0 amide bonds. The molecule has 0 aliphatic rings. The summed E-state index contributed by atoms with van der Waals surface area (Å²) in [6.07, 6.45) is 1.82. The summed E-state index contributed by atoms with van der Waals surface area (Å²) in [4.78, 5) is 14.5. The van der Waals surface area contributed by atoms with Gasteiger partial charge in [-0.2, -0.15) is 0 Å². The molecular weight excluding hydrogens is 272 g/mol. The van der Waals surface area contributed by atoms with Crippen LogP contribution in [0.3, 0.4) is 0 Å². The first-order valence-electron chi connectivity index (χ1n) is 6.25. The number of aromatic hydroxyl groups is 1. The summed E-state index contributed by atoms with van der Waals surface area (Å²) in [6, 6.07) is 9.97. The normalized spacial score (nSPS) is 10.5. The largest absolute Gasteiger partial charge is 0.508 e. The van der Waals surface area contributed by atoms with E-state index in [0.29, 0.717) is 11.4 Å². The van der Waals surface area contributed by atoms with Gasteiger partial charge >= 0.3 is 0 Å². The zero-order chi connectivity index (χ0) is 14.7. The molecule has 0 spiro atoms. The van der Waals surface area contributed by atoms with Crippen LogP contribution in [0.15, 0.2) is 51.9 Å². The molecule has 0 aliphatic heterocycles. The maximum absolute atomic E-state index is 11.9. The molecule has 0 atom stereocenters. The van der Waals surface area contributed by atoms with Crippen LogP contribution in [0.1, 0.15) is 11.5 Å². The van der Waals surface area contributed by atoms with Gasteiger partial charge < -0.3 is 14.8 Å². The third-order valence-electron chi connectivity index (χ3n) is 2.80. The fourth-order valence-corrected chi connectivity index (χ4v) is 1.83. The van der Waals surface area contributed by atoms with E-state index in [1.807, 2.05) is 0 Å². The number of aromatic nitrogens is 3. The Morgan fingerprint density at radius 1 is 1.24 bits per heavy atom. The predicted octanol–water partition coefficient (Wildman–Crippen LogP) is 1.80. The van der Waals surface area contributed by atoms with Crippen LogP contribution in [-0.4, -0.2) is 20.3 Å². The number of aromatic amines is 1. The quantitative estimate of drug-likeness (QED) is 0.675. The molecule has 7 heteroatoms. The van der Waals surface area contributed by atoms with E-state index in [9.17, 15) is 9.90 Å². The van der Waals surface area contributed by atoms with E-state index in [4.69, 9.17) is 4.42 Å². The monoisotopic (exact) mass is 284 g/mol. The average Bonchev–Trinajstić information content (AvgIpc) is 2.95. The van der Waals surface area contributed by atoms with Gasteiger partial charge in [-0.3, -0.25) is 9.78 Å². The number of phenolic OH excluding ortho intramolecular Hbond substituents is 1. The lowest BCUT2D eigenvalue weighted by atomic mass is 10.2. The fraction of sp³-hybridized carbons (Fsp3) is 0.0714. The molecule has 7 nitrogen and oxygen atoms in total. The average molecular weight is 284 g/mol. The van der Waals surface area contributed by atoms with Crippen LogP contribution in [0.4, 0.5) is 11.6 Å².